The number of rotatable bonds is 6. The summed E-state index contributed by atoms with van der Waals surface area (Å²) in [6.07, 6.45) is 1.80. The van der Waals surface area contributed by atoms with E-state index in [1.807, 2.05) is 18.2 Å². The van der Waals surface area contributed by atoms with Crippen molar-refractivity contribution in [2.75, 3.05) is 34.0 Å². The van der Waals surface area contributed by atoms with E-state index in [-0.39, 0.29) is 18.8 Å². The molecular formula is C23H28N2O4. The molecule has 0 aliphatic carbocycles. The zero-order valence-corrected chi connectivity index (χ0v) is 17.2. The van der Waals surface area contributed by atoms with Gasteiger partial charge >= 0.3 is 0 Å². The van der Waals surface area contributed by atoms with Gasteiger partial charge in [-0.3, -0.25) is 4.90 Å². The smallest absolute Gasteiger partial charge is 0.161 e. The maximum Gasteiger partial charge on any atom is 0.161 e. The third-order valence-corrected chi connectivity index (χ3v) is 5.78. The largest absolute Gasteiger partial charge is 0.493 e. The van der Waals surface area contributed by atoms with Gasteiger partial charge in [-0.15, -0.1) is 0 Å². The lowest BCUT2D eigenvalue weighted by Crippen LogP contribution is -2.46. The second-order valence-corrected chi connectivity index (χ2v) is 7.40. The van der Waals surface area contributed by atoms with Gasteiger partial charge in [-0.1, -0.05) is 18.2 Å². The minimum Gasteiger partial charge on any atom is -0.493 e. The second kappa shape index (κ2) is 8.45. The van der Waals surface area contributed by atoms with Crippen LogP contribution in [0.4, 0.5) is 0 Å². The van der Waals surface area contributed by atoms with Crippen LogP contribution in [0.2, 0.25) is 0 Å². The number of aryl methyl sites for hydroxylation is 1. The van der Waals surface area contributed by atoms with Crippen LogP contribution in [0.25, 0.3) is 10.9 Å². The molecule has 0 radical (unpaired) electrons. The molecule has 0 amide bonds. The predicted molar refractivity (Wildman–Crippen MR) is 112 cm³/mol. The number of aliphatic hydroxyl groups is 1. The molecule has 1 fully saturated rings. The summed E-state index contributed by atoms with van der Waals surface area (Å²) in [5, 5.41) is 11.3. The van der Waals surface area contributed by atoms with Crippen molar-refractivity contribution in [2.24, 2.45) is 7.05 Å². The van der Waals surface area contributed by atoms with E-state index in [1.165, 1.54) is 16.5 Å². The van der Waals surface area contributed by atoms with E-state index >= 15 is 0 Å². The van der Waals surface area contributed by atoms with Gasteiger partial charge in [0.1, 0.15) is 6.10 Å². The predicted octanol–water partition coefficient (Wildman–Crippen LogP) is 3.13. The van der Waals surface area contributed by atoms with E-state index in [0.29, 0.717) is 18.1 Å². The summed E-state index contributed by atoms with van der Waals surface area (Å²) in [7, 11) is 5.33. The Balaban J connectivity index is 1.71. The molecule has 154 valence electrons. The zero-order chi connectivity index (χ0) is 20.4. The van der Waals surface area contributed by atoms with Gasteiger partial charge in [0.25, 0.3) is 0 Å². The van der Waals surface area contributed by atoms with E-state index in [1.54, 1.807) is 14.2 Å². The molecule has 6 nitrogen and oxygen atoms in total. The van der Waals surface area contributed by atoms with Crippen molar-refractivity contribution in [1.82, 2.24) is 9.47 Å². The monoisotopic (exact) mass is 396 g/mol. The SMILES string of the molecule is COc1ccc([C@@H]2[C@@H](CO)OCCN2Cc2cccc3c2ccn3C)cc1OC. The number of methoxy groups -OCH3 is 2. The first-order valence-electron chi connectivity index (χ1n) is 9.87. The highest BCUT2D eigenvalue weighted by atomic mass is 16.5. The van der Waals surface area contributed by atoms with Gasteiger partial charge in [-0.25, -0.2) is 0 Å². The molecule has 2 heterocycles. The molecule has 0 unspecified atom stereocenters. The van der Waals surface area contributed by atoms with Crippen molar-refractivity contribution in [3.8, 4) is 11.5 Å². The van der Waals surface area contributed by atoms with Gasteiger partial charge < -0.3 is 23.9 Å². The number of benzene rings is 2. The molecule has 1 saturated heterocycles. The van der Waals surface area contributed by atoms with Crippen LogP contribution in [0, 0.1) is 0 Å². The summed E-state index contributed by atoms with van der Waals surface area (Å²) in [6, 6.07) is 14.4. The summed E-state index contributed by atoms with van der Waals surface area (Å²) in [5.41, 5.74) is 3.53. The second-order valence-electron chi connectivity index (χ2n) is 7.40. The van der Waals surface area contributed by atoms with E-state index in [0.717, 1.165) is 18.7 Å². The Bertz CT molecular complexity index is 984. The van der Waals surface area contributed by atoms with E-state index in [2.05, 4.69) is 47.0 Å². The van der Waals surface area contributed by atoms with Gasteiger partial charge in [-0.2, -0.15) is 0 Å². The maximum atomic E-state index is 10.00. The number of aliphatic hydroxyl groups excluding tert-OH is 1. The van der Waals surface area contributed by atoms with Crippen LogP contribution in [0.3, 0.4) is 0 Å². The first kappa shape index (κ1) is 19.8. The molecule has 1 aliphatic rings. The van der Waals surface area contributed by atoms with Crippen LogP contribution in [0.15, 0.2) is 48.7 Å². The van der Waals surface area contributed by atoms with Crippen LogP contribution < -0.4 is 9.47 Å². The lowest BCUT2D eigenvalue weighted by atomic mass is 9.96. The number of ether oxygens (including phenoxy) is 3. The highest BCUT2D eigenvalue weighted by Gasteiger charge is 2.34. The van der Waals surface area contributed by atoms with Crippen molar-refractivity contribution in [3.63, 3.8) is 0 Å². The van der Waals surface area contributed by atoms with E-state index in [4.69, 9.17) is 14.2 Å². The third-order valence-electron chi connectivity index (χ3n) is 5.78. The first-order valence-corrected chi connectivity index (χ1v) is 9.87. The van der Waals surface area contributed by atoms with Gasteiger partial charge in [-0.05, 0) is 35.4 Å². The summed E-state index contributed by atoms with van der Waals surface area (Å²) in [4.78, 5) is 2.38. The lowest BCUT2D eigenvalue weighted by Gasteiger charge is -2.41. The average Bonchev–Trinajstić information content (AvgIpc) is 3.15. The number of hydrogen-bond acceptors (Lipinski definition) is 5. The molecule has 4 rings (SSSR count). The Morgan fingerprint density at radius 3 is 2.69 bits per heavy atom. The fourth-order valence-corrected chi connectivity index (χ4v) is 4.30. The van der Waals surface area contributed by atoms with Crippen molar-refractivity contribution in [3.05, 3.63) is 59.8 Å². The molecule has 1 N–H and O–H groups in total. The number of nitrogens with zero attached hydrogens (tertiary/aromatic N) is 2. The molecule has 1 aromatic heterocycles. The van der Waals surface area contributed by atoms with Crippen molar-refractivity contribution in [2.45, 2.75) is 18.7 Å². The fourth-order valence-electron chi connectivity index (χ4n) is 4.30. The molecule has 0 spiro atoms. The number of hydrogen-bond donors (Lipinski definition) is 1. The molecule has 6 heteroatoms. The Labute approximate surface area is 171 Å². The van der Waals surface area contributed by atoms with Crippen LogP contribution in [-0.4, -0.2) is 54.7 Å². The zero-order valence-electron chi connectivity index (χ0n) is 17.2. The summed E-state index contributed by atoms with van der Waals surface area (Å²) in [5.74, 6) is 1.37. The third kappa shape index (κ3) is 3.71. The summed E-state index contributed by atoms with van der Waals surface area (Å²) < 4.78 is 18.9. The Kier molecular flexibility index (Phi) is 5.76. The molecule has 0 saturated carbocycles. The number of aromatic nitrogens is 1. The molecule has 3 aromatic rings. The quantitative estimate of drug-likeness (QED) is 0.694. The highest BCUT2D eigenvalue weighted by molar-refractivity contribution is 5.83. The maximum absolute atomic E-state index is 10.00. The molecule has 2 aromatic carbocycles. The molecular weight excluding hydrogens is 368 g/mol. The molecule has 1 aliphatic heterocycles. The number of fused-ring (bicyclic) bond motifs is 1. The molecule has 29 heavy (non-hydrogen) atoms. The van der Waals surface area contributed by atoms with Crippen LogP contribution in [0.5, 0.6) is 11.5 Å². The van der Waals surface area contributed by atoms with Crippen molar-refractivity contribution < 1.29 is 19.3 Å². The lowest BCUT2D eigenvalue weighted by molar-refractivity contribution is -0.0959. The van der Waals surface area contributed by atoms with E-state index in [9.17, 15) is 5.11 Å². The minimum absolute atomic E-state index is 0.0367. The van der Waals surface area contributed by atoms with Crippen LogP contribution >= 0.6 is 0 Å². The normalized spacial score (nSPS) is 20.1. The Morgan fingerprint density at radius 2 is 1.93 bits per heavy atom. The van der Waals surface area contributed by atoms with Crippen molar-refractivity contribution >= 4 is 10.9 Å². The fraction of sp³-hybridized carbons (Fsp3) is 0.391. The Morgan fingerprint density at radius 1 is 1.10 bits per heavy atom. The van der Waals surface area contributed by atoms with Crippen LogP contribution in [0.1, 0.15) is 17.2 Å². The van der Waals surface area contributed by atoms with Gasteiger partial charge in [0.15, 0.2) is 11.5 Å². The van der Waals surface area contributed by atoms with Crippen molar-refractivity contribution in [1.29, 1.82) is 0 Å². The van der Waals surface area contributed by atoms with Crippen LogP contribution in [-0.2, 0) is 18.3 Å². The molecule has 0 bridgehead atoms. The van der Waals surface area contributed by atoms with Gasteiger partial charge in [0.05, 0.1) is 33.5 Å². The highest BCUT2D eigenvalue weighted by Crippen LogP contribution is 2.36. The van der Waals surface area contributed by atoms with Gasteiger partial charge in [0.2, 0.25) is 0 Å². The standard InChI is InChI=1S/C23H28N2O4/c1-24-10-9-18-17(5-4-6-19(18)24)14-25-11-12-29-22(15-26)23(25)16-7-8-20(27-2)21(13-16)28-3/h4-10,13,22-23,26H,11-12,14-15H2,1-3H3/t22-,23-/m1/s1. The van der Waals surface area contributed by atoms with E-state index < -0.39 is 0 Å². The number of morpholine rings is 1. The summed E-state index contributed by atoms with van der Waals surface area (Å²) in [6.45, 7) is 2.13. The Hall–Kier alpha value is -2.54. The average molecular weight is 396 g/mol. The molecule has 2 atom stereocenters. The first-order chi connectivity index (χ1) is 14.2. The van der Waals surface area contributed by atoms with Gasteiger partial charge in [0, 0.05) is 37.2 Å². The minimum atomic E-state index is -0.295. The summed E-state index contributed by atoms with van der Waals surface area (Å²) >= 11 is 0. The topological polar surface area (TPSA) is 56.1 Å².